The molecule has 0 saturated carbocycles. The Morgan fingerprint density at radius 3 is 2.27 bits per heavy atom. The molecule has 0 atom stereocenters. The highest BCUT2D eigenvalue weighted by molar-refractivity contribution is 7.86. The molecule has 1 aliphatic rings. The zero-order valence-electron chi connectivity index (χ0n) is 16.1. The minimum atomic E-state index is -3.41. The Morgan fingerprint density at radius 2 is 1.73 bits per heavy atom. The van der Waals surface area contributed by atoms with Gasteiger partial charge < -0.3 is 5.32 Å². The summed E-state index contributed by atoms with van der Waals surface area (Å²) in [5.74, 6) is -0.0806. The largest absolute Gasteiger partial charge is 0.349 e. The molecule has 7 heteroatoms. The number of benzene rings is 1. The molecule has 6 nitrogen and oxygen atoms in total. The molecule has 1 amide bonds. The van der Waals surface area contributed by atoms with Crippen LogP contribution in [0.25, 0.3) is 0 Å². The number of amides is 1. The van der Waals surface area contributed by atoms with Gasteiger partial charge in [-0.1, -0.05) is 32.0 Å². The van der Waals surface area contributed by atoms with Crippen molar-refractivity contribution < 1.29 is 13.2 Å². The summed E-state index contributed by atoms with van der Waals surface area (Å²) in [5.41, 5.74) is 1.62. The zero-order chi connectivity index (χ0) is 19.2. The van der Waals surface area contributed by atoms with Crippen LogP contribution < -0.4 is 5.32 Å². The maximum Gasteiger partial charge on any atom is 0.281 e. The Kier molecular flexibility index (Phi) is 7.61. The Balaban J connectivity index is 1.94. The molecular weight excluding hydrogens is 350 g/mol. The van der Waals surface area contributed by atoms with E-state index in [-0.39, 0.29) is 11.9 Å². The molecule has 0 aromatic heterocycles. The highest BCUT2D eigenvalue weighted by atomic mass is 32.2. The molecule has 0 aliphatic carbocycles. The molecule has 1 heterocycles. The molecule has 1 N–H and O–H groups in total. The van der Waals surface area contributed by atoms with E-state index in [1.165, 1.54) is 0 Å². The predicted molar refractivity (Wildman–Crippen MR) is 104 cm³/mol. The first-order valence-corrected chi connectivity index (χ1v) is 10.9. The number of piperidine rings is 1. The number of nitrogens with zero attached hydrogens (tertiary/aromatic N) is 2. The van der Waals surface area contributed by atoms with Gasteiger partial charge in [0, 0.05) is 37.8 Å². The number of rotatable bonds is 8. The zero-order valence-corrected chi connectivity index (χ0v) is 16.9. The molecule has 1 fully saturated rings. The maximum absolute atomic E-state index is 12.8. The van der Waals surface area contributed by atoms with E-state index in [4.69, 9.17) is 0 Å². The van der Waals surface area contributed by atoms with Gasteiger partial charge in [-0.2, -0.15) is 17.0 Å². The number of carbonyl (C=O) groups excluding carboxylic acids is 1. The van der Waals surface area contributed by atoms with Crippen LogP contribution in [-0.2, 0) is 10.2 Å². The SMILES string of the molecule is CCCN(CCC)S(=O)(=O)N1CCC(NC(=O)c2ccccc2C)CC1. The first-order chi connectivity index (χ1) is 12.4. The van der Waals surface area contributed by atoms with Gasteiger partial charge in [0.05, 0.1) is 0 Å². The van der Waals surface area contributed by atoms with Crippen molar-refractivity contribution in [3.63, 3.8) is 0 Å². The molecule has 0 bridgehead atoms. The number of aryl methyl sites for hydroxylation is 1. The quantitative estimate of drug-likeness (QED) is 0.752. The monoisotopic (exact) mass is 381 g/mol. The van der Waals surface area contributed by atoms with E-state index in [0.29, 0.717) is 44.6 Å². The minimum absolute atomic E-state index is 0.0133. The first kappa shape index (κ1) is 20.9. The fourth-order valence-corrected chi connectivity index (χ4v) is 5.15. The van der Waals surface area contributed by atoms with Crippen LogP contribution in [-0.4, -0.2) is 55.2 Å². The molecule has 0 unspecified atom stereocenters. The molecule has 26 heavy (non-hydrogen) atoms. The van der Waals surface area contributed by atoms with Crippen molar-refractivity contribution in [2.75, 3.05) is 26.2 Å². The molecule has 1 aliphatic heterocycles. The molecular formula is C19H31N3O3S. The standard InChI is InChI=1S/C19H31N3O3S/c1-4-12-21(13-5-2)26(24,25)22-14-10-17(11-15-22)20-19(23)18-9-7-6-8-16(18)3/h6-9,17H,4-5,10-15H2,1-3H3,(H,20,23). The van der Waals surface area contributed by atoms with Crippen LogP contribution in [0.3, 0.4) is 0 Å². The molecule has 0 radical (unpaired) electrons. The van der Waals surface area contributed by atoms with Crippen molar-refractivity contribution >= 4 is 16.1 Å². The normalized spacial score (nSPS) is 16.8. The lowest BCUT2D eigenvalue weighted by Crippen LogP contribution is -2.51. The fourth-order valence-electron chi connectivity index (χ4n) is 3.33. The summed E-state index contributed by atoms with van der Waals surface area (Å²) in [6.45, 7) is 7.91. The Labute approximate surface area is 157 Å². The second-order valence-corrected chi connectivity index (χ2v) is 8.80. The van der Waals surface area contributed by atoms with Crippen LogP contribution in [0, 0.1) is 6.92 Å². The predicted octanol–water partition coefficient (Wildman–Crippen LogP) is 2.56. The van der Waals surface area contributed by atoms with Crippen molar-refractivity contribution in [3.8, 4) is 0 Å². The van der Waals surface area contributed by atoms with Gasteiger partial charge in [-0.05, 0) is 44.2 Å². The topological polar surface area (TPSA) is 69.7 Å². The van der Waals surface area contributed by atoms with Gasteiger partial charge in [-0.3, -0.25) is 4.79 Å². The van der Waals surface area contributed by atoms with Gasteiger partial charge >= 0.3 is 0 Å². The van der Waals surface area contributed by atoms with Gasteiger partial charge in [-0.25, -0.2) is 0 Å². The maximum atomic E-state index is 12.8. The second-order valence-electron chi connectivity index (χ2n) is 6.87. The minimum Gasteiger partial charge on any atom is -0.349 e. The highest BCUT2D eigenvalue weighted by Crippen LogP contribution is 2.18. The van der Waals surface area contributed by atoms with E-state index in [9.17, 15) is 13.2 Å². The smallest absolute Gasteiger partial charge is 0.281 e. The third-order valence-corrected chi connectivity index (χ3v) is 6.81. The molecule has 1 aromatic carbocycles. The number of nitrogens with one attached hydrogen (secondary N) is 1. The van der Waals surface area contributed by atoms with Crippen molar-refractivity contribution in [3.05, 3.63) is 35.4 Å². The van der Waals surface area contributed by atoms with Crippen molar-refractivity contribution in [2.24, 2.45) is 0 Å². The Bertz CT molecular complexity index is 692. The van der Waals surface area contributed by atoms with E-state index in [0.717, 1.165) is 18.4 Å². The average Bonchev–Trinajstić information content (AvgIpc) is 2.62. The van der Waals surface area contributed by atoms with Gasteiger partial charge in [0.1, 0.15) is 0 Å². The molecule has 2 rings (SSSR count). The lowest BCUT2D eigenvalue weighted by molar-refractivity contribution is 0.0922. The molecule has 146 valence electrons. The van der Waals surface area contributed by atoms with Crippen molar-refractivity contribution in [2.45, 2.75) is 52.5 Å². The second kappa shape index (κ2) is 9.48. The summed E-state index contributed by atoms with van der Waals surface area (Å²) in [6.07, 6.45) is 2.90. The van der Waals surface area contributed by atoms with Crippen molar-refractivity contribution in [1.29, 1.82) is 0 Å². The van der Waals surface area contributed by atoms with Crippen molar-refractivity contribution in [1.82, 2.24) is 13.9 Å². The number of hydrogen-bond acceptors (Lipinski definition) is 3. The van der Waals surface area contributed by atoms with Crippen LogP contribution in [0.5, 0.6) is 0 Å². The van der Waals surface area contributed by atoms with E-state index in [2.05, 4.69) is 5.32 Å². The average molecular weight is 382 g/mol. The van der Waals surface area contributed by atoms with Gasteiger partial charge in [0.2, 0.25) is 0 Å². The van der Waals surface area contributed by atoms with E-state index < -0.39 is 10.2 Å². The summed E-state index contributed by atoms with van der Waals surface area (Å²) in [7, 11) is -3.41. The third kappa shape index (κ3) is 5.05. The van der Waals surface area contributed by atoms with E-state index >= 15 is 0 Å². The van der Waals surface area contributed by atoms with Crippen LogP contribution in [0.1, 0.15) is 55.5 Å². The Morgan fingerprint density at radius 1 is 1.15 bits per heavy atom. The fraction of sp³-hybridized carbons (Fsp3) is 0.632. The summed E-state index contributed by atoms with van der Waals surface area (Å²) in [4.78, 5) is 12.4. The third-order valence-electron chi connectivity index (χ3n) is 4.78. The summed E-state index contributed by atoms with van der Waals surface area (Å²) in [5, 5.41) is 3.05. The van der Waals surface area contributed by atoms with Crippen LogP contribution in [0.15, 0.2) is 24.3 Å². The molecule has 0 spiro atoms. The van der Waals surface area contributed by atoms with Crippen LogP contribution in [0.4, 0.5) is 0 Å². The summed E-state index contributed by atoms with van der Waals surface area (Å²) < 4.78 is 28.8. The van der Waals surface area contributed by atoms with Crippen LogP contribution >= 0.6 is 0 Å². The Hall–Kier alpha value is -1.44. The highest BCUT2D eigenvalue weighted by Gasteiger charge is 2.32. The molecule has 1 saturated heterocycles. The lowest BCUT2D eigenvalue weighted by Gasteiger charge is -2.35. The summed E-state index contributed by atoms with van der Waals surface area (Å²) >= 11 is 0. The van der Waals surface area contributed by atoms with E-state index in [1.807, 2.05) is 45.0 Å². The van der Waals surface area contributed by atoms with Crippen LogP contribution in [0.2, 0.25) is 0 Å². The first-order valence-electron chi connectivity index (χ1n) is 9.51. The van der Waals surface area contributed by atoms with Gasteiger partial charge in [-0.15, -0.1) is 0 Å². The lowest BCUT2D eigenvalue weighted by atomic mass is 10.0. The van der Waals surface area contributed by atoms with Gasteiger partial charge in [0.15, 0.2) is 0 Å². The summed E-state index contributed by atoms with van der Waals surface area (Å²) in [6, 6.07) is 7.51. The molecule has 1 aromatic rings. The number of hydrogen-bond donors (Lipinski definition) is 1. The number of carbonyl (C=O) groups is 1. The van der Waals surface area contributed by atoms with E-state index in [1.54, 1.807) is 8.61 Å². The van der Waals surface area contributed by atoms with Gasteiger partial charge in [0.25, 0.3) is 16.1 Å².